The topological polar surface area (TPSA) is 98.3 Å². The molecular weight excluding hydrogens is 342 g/mol. The van der Waals surface area contributed by atoms with Crippen LogP contribution in [-0.4, -0.2) is 26.2 Å². The highest BCUT2D eigenvalue weighted by Gasteiger charge is 2.20. The summed E-state index contributed by atoms with van der Waals surface area (Å²) in [5.74, 6) is 0.598. The molecule has 0 amide bonds. The van der Waals surface area contributed by atoms with E-state index in [0.29, 0.717) is 5.75 Å². The highest BCUT2D eigenvalue weighted by Crippen LogP contribution is 2.30. The summed E-state index contributed by atoms with van der Waals surface area (Å²) >= 11 is 1.49. The molecule has 2 aromatic rings. The Kier molecular flexibility index (Phi) is 5.50. The first-order valence-corrected chi connectivity index (χ1v) is 9.18. The van der Waals surface area contributed by atoms with Gasteiger partial charge in [0.2, 0.25) is 0 Å². The van der Waals surface area contributed by atoms with E-state index in [9.17, 15) is 20.0 Å². The van der Waals surface area contributed by atoms with E-state index in [0.717, 1.165) is 47.5 Å². The van der Waals surface area contributed by atoms with Gasteiger partial charge >= 0.3 is 5.69 Å². The maximum absolute atomic E-state index is 12.3. The summed E-state index contributed by atoms with van der Waals surface area (Å²) in [5, 5.41) is 20.6. The van der Waals surface area contributed by atoms with E-state index in [1.165, 1.54) is 23.9 Å². The van der Waals surface area contributed by atoms with Gasteiger partial charge in [-0.25, -0.2) is 4.79 Å². The Morgan fingerprint density at radius 3 is 2.64 bits per heavy atom. The minimum atomic E-state index is -0.421. The number of benzene rings is 1. The van der Waals surface area contributed by atoms with Crippen molar-refractivity contribution < 1.29 is 10.0 Å². The van der Waals surface area contributed by atoms with E-state index >= 15 is 0 Å². The molecule has 1 heterocycles. The molecule has 0 unspecified atom stereocenters. The van der Waals surface area contributed by atoms with Gasteiger partial charge in [0.25, 0.3) is 5.69 Å². The maximum Gasteiger partial charge on any atom is 0.348 e. The highest BCUT2D eigenvalue weighted by atomic mass is 32.2. The zero-order valence-corrected chi connectivity index (χ0v) is 14.5. The lowest BCUT2D eigenvalue weighted by Gasteiger charge is -2.22. The van der Waals surface area contributed by atoms with E-state index in [1.807, 2.05) is 0 Å². The number of aliphatic hydroxyl groups is 1. The molecular formula is C17H19N3O4S. The van der Waals surface area contributed by atoms with E-state index < -0.39 is 4.92 Å². The number of aliphatic hydroxyl groups excluding tert-OH is 1. The van der Waals surface area contributed by atoms with Gasteiger partial charge in [-0.1, -0.05) is 12.1 Å². The van der Waals surface area contributed by atoms with Gasteiger partial charge in [-0.2, -0.15) is 4.98 Å². The molecule has 1 aliphatic carbocycles. The molecule has 3 rings (SSSR count). The fourth-order valence-corrected chi connectivity index (χ4v) is 4.10. The molecule has 0 saturated heterocycles. The van der Waals surface area contributed by atoms with Crippen LogP contribution in [0.15, 0.2) is 34.1 Å². The van der Waals surface area contributed by atoms with Gasteiger partial charge in [-0.3, -0.25) is 14.7 Å². The van der Waals surface area contributed by atoms with Gasteiger partial charge in [-0.15, -0.1) is 11.8 Å². The van der Waals surface area contributed by atoms with Gasteiger partial charge in [0, 0.05) is 29.1 Å². The van der Waals surface area contributed by atoms with Gasteiger partial charge in [0.1, 0.15) is 5.03 Å². The SMILES string of the molecule is O=c1nc(SCc2ccc([N+](=O)[O-])cc2)c2c(n1CCO)CCCC2. The minimum Gasteiger partial charge on any atom is -0.395 e. The summed E-state index contributed by atoms with van der Waals surface area (Å²) in [4.78, 5) is 26.8. The summed E-state index contributed by atoms with van der Waals surface area (Å²) in [5.41, 5.74) is 2.79. The number of aromatic nitrogens is 2. The lowest BCUT2D eigenvalue weighted by atomic mass is 9.97. The Hall–Kier alpha value is -2.19. The first kappa shape index (κ1) is 17.6. The van der Waals surface area contributed by atoms with Crippen LogP contribution < -0.4 is 5.69 Å². The lowest BCUT2D eigenvalue weighted by Crippen LogP contribution is -2.31. The van der Waals surface area contributed by atoms with Crippen LogP contribution >= 0.6 is 11.8 Å². The van der Waals surface area contributed by atoms with Crippen LogP contribution in [0.2, 0.25) is 0 Å². The average Bonchev–Trinajstić information content (AvgIpc) is 2.63. The Balaban J connectivity index is 1.84. The van der Waals surface area contributed by atoms with Gasteiger partial charge in [0.05, 0.1) is 18.1 Å². The number of nitro groups is 1. The number of nitrogens with zero attached hydrogens (tertiary/aromatic N) is 3. The maximum atomic E-state index is 12.3. The molecule has 0 saturated carbocycles. The Morgan fingerprint density at radius 2 is 1.96 bits per heavy atom. The van der Waals surface area contributed by atoms with E-state index in [-0.39, 0.29) is 24.5 Å². The minimum absolute atomic E-state index is 0.0656. The standard InChI is InChI=1S/C17H19N3O4S/c21-10-9-19-15-4-2-1-3-14(15)16(18-17(19)22)25-11-12-5-7-13(8-6-12)20(23)24/h5-8,21H,1-4,9-11H2. The zero-order chi connectivity index (χ0) is 17.8. The van der Waals surface area contributed by atoms with Crippen molar-refractivity contribution in [2.45, 2.75) is 43.0 Å². The van der Waals surface area contributed by atoms with Crippen molar-refractivity contribution in [2.75, 3.05) is 6.61 Å². The molecule has 25 heavy (non-hydrogen) atoms. The molecule has 0 spiro atoms. The van der Waals surface area contributed by atoms with E-state index in [1.54, 1.807) is 16.7 Å². The first-order chi connectivity index (χ1) is 12.1. The smallest absolute Gasteiger partial charge is 0.348 e. The molecule has 0 fully saturated rings. The molecule has 1 aliphatic rings. The molecule has 0 bridgehead atoms. The molecule has 1 aromatic heterocycles. The van der Waals surface area contributed by atoms with E-state index in [4.69, 9.17) is 0 Å². The molecule has 0 aliphatic heterocycles. The van der Waals surface area contributed by atoms with Crippen molar-refractivity contribution in [3.05, 3.63) is 61.7 Å². The molecule has 7 nitrogen and oxygen atoms in total. The molecule has 8 heteroatoms. The number of fused-ring (bicyclic) bond motifs is 1. The van der Waals surface area contributed by atoms with Gasteiger partial charge in [0.15, 0.2) is 0 Å². The van der Waals surface area contributed by atoms with Crippen molar-refractivity contribution in [1.82, 2.24) is 9.55 Å². The number of thioether (sulfide) groups is 1. The summed E-state index contributed by atoms with van der Waals surface area (Å²) in [6.45, 7) is 0.199. The zero-order valence-electron chi connectivity index (χ0n) is 13.7. The predicted octanol–water partition coefficient (Wildman–Crippen LogP) is 2.31. The van der Waals surface area contributed by atoms with Crippen LogP contribution in [0.3, 0.4) is 0 Å². The number of non-ortho nitro benzene ring substituents is 1. The van der Waals surface area contributed by atoms with Crippen LogP contribution in [0, 0.1) is 10.1 Å². The average molecular weight is 361 g/mol. The second kappa shape index (κ2) is 7.79. The molecule has 0 atom stereocenters. The van der Waals surface area contributed by atoms with Gasteiger partial charge < -0.3 is 5.11 Å². The third kappa shape index (κ3) is 3.91. The van der Waals surface area contributed by atoms with Crippen molar-refractivity contribution >= 4 is 17.4 Å². The summed E-state index contributed by atoms with van der Waals surface area (Å²) in [6.07, 6.45) is 3.82. The molecule has 0 radical (unpaired) electrons. The highest BCUT2D eigenvalue weighted by molar-refractivity contribution is 7.98. The van der Waals surface area contributed by atoms with Crippen molar-refractivity contribution in [3.63, 3.8) is 0 Å². The third-order valence-electron chi connectivity index (χ3n) is 4.30. The largest absolute Gasteiger partial charge is 0.395 e. The monoisotopic (exact) mass is 361 g/mol. The predicted molar refractivity (Wildman–Crippen MR) is 94.9 cm³/mol. The lowest BCUT2D eigenvalue weighted by molar-refractivity contribution is -0.384. The number of hydrogen-bond acceptors (Lipinski definition) is 6. The normalized spacial score (nSPS) is 13.5. The molecule has 132 valence electrons. The molecule has 1 N–H and O–H groups in total. The Morgan fingerprint density at radius 1 is 1.24 bits per heavy atom. The Bertz CT molecular complexity index is 833. The summed E-state index contributed by atoms with van der Waals surface area (Å²) in [6, 6.07) is 6.42. The van der Waals surface area contributed by atoms with Crippen molar-refractivity contribution in [3.8, 4) is 0 Å². The fraction of sp³-hybridized carbons (Fsp3) is 0.412. The number of rotatable bonds is 6. The first-order valence-electron chi connectivity index (χ1n) is 8.19. The van der Waals surface area contributed by atoms with Crippen molar-refractivity contribution in [2.24, 2.45) is 0 Å². The number of nitro benzene ring substituents is 1. The van der Waals surface area contributed by atoms with Crippen molar-refractivity contribution in [1.29, 1.82) is 0 Å². The second-order valence-corrected chi connectivity index (χ2v) is 6.88. The van der Waals surface area contributed by atoms with Crippen LogP contribution in [0.4, 0.5) is 5.69 Å². The number of hydrogen-bond donors (Lipinski definition) is 1. The summed E-state index contributed by atoms with van der Waals surface area (Å²) in [7, 11) is 0. The van der Waals surface area contributed by atoms with E-state index in [2.05, 4.69) is 4.98 Å². The second-order valence-electron chi connectivity index (χ2n) is 5.92. The third-order valence-corrected chi connectivity index (χ3v) is 5.39. The fourth-order valence-electron chi connectivity index (χ4n) is 3.06. The van der Waals surface area contributed by atoms with Gasteiger partial charge in [-0.05, 0) is 31.2 Å². The molecule has 1 aromatic carbocycles. The van der Waals surface area contributed by atoms with Crippen LogP contribution in [0.25, 0.3) is 0 Å². The summed E-state index contributed by atoms with van der Waals surface area (Å²) < 4.78 is 1.59. The van der Waals surface area contributed by atoms with Crippen LogP contribution in [-0.2, 0) is 25.1 Å². The van der Waals surface area contributed by atoms with Crippen LogP contribution in [0.1, 0.15) is 29.7 Å². The van der Waals surface area contributed by atoms with Crippen LogP contribution in [0.5, 0.6) is 0 Å². The quantitative estimate of drug-likeness (QED) is 0.367. The Labute approximate surface area is 148 Å².